The Morgan fingerprint density at radius 1 is 0.433 bits per heavy atom. The monoisotopic (exact) mass is 848 g/mol. The largest absolute Gasteiger partial charge is 0.394 e. The summed E-state index contributed by atoms with van der Waals surface area (Å²) in [5.41, 5.74) is 0. The lowest BCUT2D eigenvalue weighted by atomic mass is 9.99. The van der Waals surface area contributed by atoms with Crippen LogP contribution in [0, 0.1) is 0 Å². The zero-order valence-electron chi connectivity index (χ0n) is 40.2. The van der Waals surface area contributed by atoms with Crippen LogP contribution in [0.2, 0.25) is 0 Å². The standard InChI is InChI=1S/C54H105NO5/c1-3-5-7-9-11-13-15-17-18-19-20-21-22-23-24-25-26-27-28-29-30-31-32-33-34-35-36-38-39-41-43-45-47-51(57)53(59)50(49-56)55-54(60)52(58)48-46-44-42-40-37-16-14-12-10-8-6-4-2/h37,40,44,46,50-53,56-59H,3-36,38-39,41-43,45,47-49H2,1-2H3,(H,55,60)/b40-37-,46-44-. The van der Waals surface area contributed by atoms with E-state index < -0.39 is 36.9 Å². The molecule has 6 heteroatoms. The maximum atomic E-state index is 12.5. The van der Waals surface area contributed by atoms with Crippen LogP contribution in [-0.2, 0) is 4.79 Å². The van der Waals surface area contributed by atoms with Crippen LogP contribution >= 0.6 is 0 Å². The average Bonchev–Trinajstić information content (AvgIpc) is 3.25. The van der Waals surface area contributed by atoms with Crippen molar-refractivity contribution in [2.45, 2.75) is 308 Å². The minimum absolute atomic E-state index is 0.160. The highest BCUT2D eigenvalue weighted by Crippen LogP contribution is 2.18. The van der Waals surface area contributed by atoms with Gasteiger partial charge in [-0.2, -0.15) is 0 Å². The molecule has 0 aromatic heterocycles. The van der Waals surface area contributed by atoms with E-state index in [1.54, 1.807) is 6.08 Å². The fourth-order valence-corrected chi connectivity index (χ4v) is 8.45. The minimum Gasteiger partial charge on any atom is -0.394 e. The first-order chi connectivity index (χ1) is 29.5. The molecule has 0 spiro atoms. The maximum Gasteiger partial charge on any atom is 0.249 e. The van der Waals surface area contributed by atoms with Crippen LogP contribution in [-0.4, -0.2) is 57.3 Å². The zero-order chi connectivity index (χ0) is 43.8. The highest BCUT2D eigenvalue weighted by atomic mass is 16.3. The fraction of sp³-hybridized carbons (Fsp3) is 0.907. The van der Waals surface area contributed by atoms with Crippen LogP contribution in [0.3, 0.4) is 0 Å². The van der Waals surface area contributed by atoms with Crippen molar-refractivity contribution in [3.63, 3.8) is 0 Å². The Kier molecular flexibility index (Phi) is 47.8. The molecule has 6 nitrogen and oxygen atoms in total. The average molecular weight is 848 g/mol. The number of amides is 1. The first kappa shape index (κ1) is 58.8. The Hall–Kier alpha value is -1.21. The highest BCUT2D eigenvalue weighted by Gasteiger charge is 2.28. The molecule has 0 aliphatic rings. The molecule has 0 aromatic rings. The molecule has 0 heterocycles. The van der Waals surface area contributed by atoms with E-state index in [1.807, 2.05) is 6.08 Å². The van der Waals surface area contributed by atoms with Crippen molar-refractivity contribution in [2.75, 3.05) is 6.61 Å². The van der Waals surface area contributed by atoms with Gasteiger partial charge in [0.25, 0.3) is 0 Å². The third kappa shape index (κ3) is 42.1. The molecule has 0 saturated heterocycles. The Bertz CT molecular complexity index is 909. The van der Waals surface area contributed by atoms with E-state index in [0.29, 0.717) is 6.42 Å². The summed E-state index contributed by atoms with van der Waals surface area (Å²) < 4.78 is 0. The number of carbonyl (C=O) groups is 1. The highest BCUT2D eigenvalue weighted by molar-refractivity contribution is 5.81. The number of aliphatic hydroxyl groups is 4. The second-order valence-corrected chi connectivity index (χ2v) is 18.6. The topological polar surface area (TPSA) is 110 Å². The Balaban J connectivity index is 3.56. The predicted octanol–water partition coefficient (Wildman–Crippen LogP) is 15.1. The van der Waals surface area contributed by atoms with Crippen LogP contribution in [0.4, 0.5) is 0 Å². The number of unbranched alkanes of at least 4 members (excludes halogenated alkanes) is 37. The molecule has 0 radical (unpaired) electrons. The molecule has 0 rings (SSSR count). The van der Waals surface area contributed by atoms with Gasteiger partial charge in [0.05, 0.1) is 18.8 Å². The predicted molar refractivity (Wildman–Crippen MR) is 261 cm³/mol. The lowest BCUT2D eigenvalue weighted by Gasteiger charge is -2.27. The molecule has 0 aliphatic carbocycles. The summed E-state index contributed by atoms with van der Waals surface area (Å²) in [6.07, 6.45) is 58.5. The van der Waals surface area contributed by atoms with Gasteiger partial charge >= 0.3 is 0 Å². The molecular formula is C54H105NO5. The van der Waals surface area contributed by atoms with E-state index in [2.05, 4.69) is 31.3 Å². The Morgan fingerprint density at radius 2 is 0.750 bits per heavy atom. The van der Waals surface area contributed by atoms with Gasteiger partial charge < -0.3 is 25.7 Å². The van der Waals surface area contributed by atoms with Crippen LogP contribution in [0.1, 0.15) is 284 Å². The summed E-state index contributed by atoms with van der Waals surface area (Å²) in [6.45, 7) is 4.03. The molecule has 0 aromatic carbocycles. The van der Waals surface area contributed by atoms with Crippen molar-refractivity contribution in [3.05, 3.63) is 24.3 Å². The lowest BCUT2D eigenvalue weighted by molar-refractivity contribution is -0.132. The number of carbonyl (C=O) groups excluding carboxylic acids is 1. The summed E-state index contributed by atoms with van der Waals surface area (Å²) in [6, 6.07) is -1.01. The Labute approximate surface area is 374 Å². The van der Waals surface area contributed by atoms with Gasteiger partial charge in [-0.3, -0.25) is 4.79 Å². The van der Waals surface area contributed by atoms with Gasteiger partial charge in [0.1, 0.15) is 12.2 Å². The molecule has 0 fully saturated rings. The summed E-state index contributed by atoms with van der Waals surface area (Å²) in [7, 11) is 0. The normalized spacial score (nSPS) is 14.0. The lowest BCUT2D eigenvalue weighted by Crippen LogP contribution is -2.53. The van der Waals surface area contributed by atoms with E-state index >= 15 is 0 Å². The Morgan fingerprint density at radius 3 is 1.10 bits per heavy atom. The van der Waals surface area contributed by atoms with E-state index in [0.717, 1.165) is 32.1 Å². The summed E-state index contributed by atoms with van der Waals surface area (Å²) >= 11 is 0. The number of hydrogen-bond acceptors (Lipinski definition) is 5. The van der Waals surface area contributed by atoms with E-state index in [4.69, 9.17) is 0 Å². The second kappa shape index (κ2) is 48.8. The first-order valence-electron chi connectivity index (χ1n) is 26.7. The summed E-state index contributed by atoms with van der Waals surface area (Å²) in [5.74, 6) is -0.648. The second-order valence-electron chi connectivity index (χ2n) is 18.6. The van der Waals surface area contributed by atoms with Crippen molar-refractivity contribution in [1.29, 1.82) is 0 Å². The van der Waals surface area contributed by atoms with Gasteiger partial charge in [0.2, 0.25) is 5.91 Å². The molecule has 4 atom stereocenters. The zero-order valence-corrected chi connectivity index (χ0v) is 40.2. The van der Waals surface area contributed by atoms with Gasteiger partial charge in [-0.05, 0) is 25.7 Å². The van der Waals surface area contributed by atoms with Crippen LogP contribution in [0.15, 0.2) is 24.3 Å². The van der Waals surface area contributed by atoms with Crippen molar-refractivity contribution < 1.29 is 25.2 Å². The maximum absolute atomic E-state index is 12.5. The van der Waals surface area contributed by atoms with Gasteiger partial charge in [-0.15, -0.1) is 0 Å². The first-order valence-corrected chi connectivity index (χ1v) is 26.7. The number of rotatable bonds is 49. The molecular weight excluding hydrogens is 743 g/mol. The van der Waals surface area contributed by atoms with E-state index in [-0.39, 0.29) is 6.42 Å². The van der Waals surface area contributed by atoms with Crippen molar-refractivity contribution in [2.24, 2.45) is 0 Å². The third-order valence-electron chi connectivity index (χ3n) is 12.7. The van der Waals surface area contributed by atoms with Crippen molar-refractivity contribution >= 4 is 5.91 Å². The van der Waals surface area contributed by atoms with E-state index in [1.165, 1.54) is 225 Å². The van der Waals surface area contributed by atoms with Gasteiger partial charge in [0, 0.05) is 6.42 Å². The molecule has 0 saturated carbocycles. The molecule has 4 unspecified atom stereocenters. The summed E-state index contributed by atoms with van der Waals surface area (Å²) in [5, 5.41) is 43.7. The number of nitrogens with one attached hydrogen (secondary N) is 1. The van der Waals surface area contributed by atoms with Gasteiger partial charge in [0.15, 0.2) is 0 Å². The minimum atomic E-state index is -1.28. The smallest absolute Gasteiger partial charge is 0.249 e. The number of aliphatic hydroxyl groups excluding tert-OH is 4. The van der Waals surface area contributed by atoms with E-state index in [9.17, 15) is 25.2 Å². The molecule has 60 heavy (non-hydrogen) atoms. The quantitative estimate of drug-likeness (QED) is 0.0309. The molecule has 1 amide bonds. The summed E-state index contributed by atoms with van der Waals surface area (Å²) in [4.78, 5) is 12.5. The van der Waals surface area contributed by atoms with Crippen molar-refractivity contribution in [1.82, 2.24) is 5.32 Å². The van der Waals surface area contributed by atoms with Crippen molar-refractivity contribution in [3.8, 4) is 0 Å². The molecule has 0 bridgehead atoms. The SMILES string of the molecule is CCCCCCCC/C=C\C/C=C\CC(O)C(=O)NC(CO)C(O)C(O)CCCCCCCCCCCCCCCCCCCCCCCCCCCCCCCCCC. The molecule has 356 valence electrons. The van der Waals surface area contributed by atoms with Gasteiger partial charge in [-0.1, -0.05) is 276 Å². The number of hydrogen-bond donors (Lipinski definition) is 5. The third-order valence-corrected chi connectivity index (χ3v) is 12.7. The van der Waals surface area contributed by atoms with Crippen LogP contribution in [0.25, 0.3) is 0 Å². The fourth-order valence-electron chi connectivity index (χ4n) is 8.45. The van der Waals surface area contributed by atoms with Crippen LogP contribution < -0.4 is 5.32 Å². The number of allylic oxidation sites excluding steroid dienone is 3. The van der Waals surface area contributed by atoms with Crippen LogP contribution in [0.5, 0.6) is 0 Å². The molecule has 0 aliphatic heterocycles. The van der Waals surface area contributed by atoms with Gasteiger partial charge in [-0.25, -0.2) is 0 Å². The molecule has 5 N–H and O–H groups in total.